The fourth-order valence-corrected chi connectivity index (χ4v) is 2.18. The van der Waals surface area contributed by atoms with Crippen molar-refractivity contribution in [3.8, 4) is 5.75 Å². The van der Waals surface area contributed by atoms with E-state index < -0.39 is 11.8 Å². The van der Waals surface area contributed by atoms with E-state index in [0.29, 0.717) is 13.1 Å². The molecule has 0 spiro atoms. The van der Waals surface area contributed by atoms with Gasteiger partial charge in [0.15, 0.2) is 0 Å². The topological polar surface area (TPSA) is 71.0 Å². The summed E-state index contributed by atoms with van der Waals surface area (Å²) in [6.07, 6.45) is 3.52. The van der Waals surface area contributed by atoms with Crippen molar-refractivity contribution in [1.82, 2.24) is 10.3 Å². The smallest absolute Gasteiger partial charge is 0.329 e. The highest BCUT2D eigenvalue weighted by Crippen LogP contribution is 2.12. The Labute approximate surface area is 130 Å². The van der Waals surface area contributed by atoms with Crippen LogP contribution in [0.15, 0.2) is 29.4 Å². The van der Waals surface area contributed by atoms with Crippen LogP contribution in [0.4, 0.5) is 0 Å². The third-order valence-electron chi connectivity index (χ3n) is 3.22. The second kappa shape index (κ2) is 7.59. The van der Waals surface area contributed by atoms with Crippen molar-refractivity contribution in [3.05, 3.63) is 29.8 Å². The Kier molecular flexibility index (Phi) is 5.52. The molecule has 1 saturated heterocycles. The van der Waals surface area contributed by atoms with E-state index in [1.807, 2.05) is 38.1 Å². The predicted molar refractivity (Wildman–Crippen MR) is 83.8 cm³/mol. The van der Waals surface area contributed by atoms with Crippen molar-refractivity contribution in [3.63, 3.8) is 0 Å². The van der Waals surface area contributed by atoms with Crippen LogP contribution in [0.2, 0.25) is 0 Å². The van der Waals surface area contributed by atoms with Gasteiger partial charge in [0, 0.05) is 13.1 Å². The molecular weight excluding hydrogens is 282 g/mol. The van der Waals surface area contributed by atoms with Gasteiger partial charge in [0.05, 0.1) is 12.3 Å². The Balaban J connectivity index is 1.83. The third-order valence-corrected chi connectivity index (χ3v) is 3.22. The fraction of sp³-hybridized carbons (Fsp3) is 0.438. The number of carbonyl (C=O) groups excluding carboxylic acids is 2. The second-order valence-electron chi connectivity index (χ2n) is 5.43. The zero-order chi connectivity index (χ0) is 15.9. The van der Waals surface area contributed by atoms with Crippen LogP contribution in [0.3, 0.4) is 0 Å². The van der Waals surface area contributed by atoms with Crippen molar-refractivity contribution in [2.75, 3.05) is 13.1 Å². The maximum Gasteiger partial charge on any atom is 0.329 e. The molecule has 0 bridgehead atoms. The summed E-state index contributed by atoms with van der Waals surface area (Å²) in [7, 11) is 0. The molecule has 118 valence electrons. The van der Waals surface area contributed by atoms with Crippen LogP contribution in [-0.2, 0) is 9.59 Å². The average molecular weight is 303 g/mol. The van der Waals surface area contributed by atoms with Gasteiger partial charge in [-0.2, -0.15) is 5.10 Å². The van der Waals surface area contributed by atoms with Crippen molar-refractivity contribution in [1.29, 1.82) is 0 Å². The van der Waals surface area contributed by atoms with Gasteiger partial charge in [-0.05, 0) is 56.5 Å². The minimum Gasteiger partial charge on any atom is -0.491 e. The first kappa shape index (κ1) is 16.0. The van der Waals surface area contributed by atoms with Crippen LogP contribution in [0.1, 0.15) is 32.3 Å². The van der Waals surface area contributed by atoms with Gasteiger partial charge in [0.25, 0.3) is 0 Å². The minimum absolute atomic E-state index is 0.121. The van der Waals surface area contributed by atoms with Gasteiger partial charge >= 0.3 is 11.8 Å². The summed E-state index contributed by atoms with van der Waals surface area (Å²) < 4.78 is 5.54. The first-order valence-corrected chi connectivity index (χ1v) is 7.45. The van der Waals surface area contributed by atoms with Gasteiger partial charge in [-0.15, -0.1) is 0 Å². The normalized spacial score (nSPS) is 14.6. The molecule has 2 amide bonds. The van der Waals surface area contributed by atoms with Gasteiger partial charge < -0.3 is 9.64 Å². The van der Waals surface area contributed by atoms with E-state index in [-0.39, 0.29) is 6.10 Å². The molecule has 22 heavy (non-hydrogen) atoms. The SMILES string of the molecule is CC(C)Oc1ccc(/C=N\NC(=O)C(=O)N2CCCC2)cc1. The second-order valence-corrected chi connectivity index (χ2v) is 5.43. The van der Waals surface area contributed by atoms with Gasteiger partial charge in [-0.25, -0.2) is 5.43 Å². The number of likely N-dealkylation sites (tertiary alicyclic amines) is 1. The molecule has 1 heterocycles. The summed E-state index contributed by atoms with van der Waals surface area (Å²) in [5, 5.41) is 3.81. The van der Waals surface area contributed by atoms with Gasteiger partial charge in [-0.1, -0.05) is 0 Å². The highest BCUT2D eigenvalue weighted by molar-refractivity contribution is 6.35. The fourth-order valence-electron chi connectivity index (χ4n) is 2.18. The maximum absolute atomic E-state index is 11.8. The first-order valence-electron chi connectivity index (χ1n) is 7.45. The number of nitrogens with one attached hydrogen (secondary N) is 1. The molecular formula is C16H21N3O3. The van der Waals surface area contributed by atoms with Crippen LogP contribution < -0.4 is 10.2 Å². The molecule has 1 aromatic rings. The van der Waals surface area contributed by atoms with Gasteiger partial charge in [-0.3, -0.25) is 9.59 Å². The molecule has 1 aliphatic rings. The number of hydrazone groups is 1. The van der Waals surface area contributed by atoms with E-state index in [1.54, 1.807) is 4.90 Å². The molecule has 1 aromatic carbocycles. The molecule has 2 rings (SSSR count). The van der Waals surface area contributed by atoms with Crippen LogP contribution in [0.5, 0.6) is 5.75 Å². The number of carbonyl (C=O) groups is 2. The Bertz CT molecular complexity index is 546. The molecule has 0 saturated carbocycles. The van der Waals surface area contributed by atoms with Crippen LogP contribution in [0, 0.1) is 0 Å². The number of amides is 2. The Morgan fingerprint density at radius 1 is 1.23 bits per heavy atom. The van der Waals surface area contributed by atoms with Crippen LogP contribution >= 0.6 is 0 Å². The number of ether oxygens (including phenoxy) is 1. The van der Waals surface area contributed by atoms with Crippen LogP contribution in [0.25, 0.3) is 0 Å². The molecule has 0 radical (unpaired) electrons. The lowest BCUT2D eigenvalue weighted by atomic mass is 10.2. The van der Waals surface area contributed by atoms with E-state index in [4.69, 9.17) is 4.74 Å². The third kappa shape index (κ3) is 4.58. The Morgan fingerprint density at radius 3 is 2.45 bits per heavy atom. The molecule has 6 nitrogen and oxygen atoms in total. The number of hydrogen-bond acceptors (Lipinski definition) is 4. The Morgan fingerprint density at radius 2 is 1.86 bits per heavy atom. The van der Waals surface area contributed by atoms with E-state index in [0.717, 1.165) is 24.2 Å². The lowest BCUT2D eigenvalue weighted by Crippen LogP contribution is -2.39. The van der Waals surface area contributed by atoms with E-state index in [1.165, 1.54) is 6.21 Å². The maximum atomic E-state index is 11.8. The van der Waals surface area contributed by atoms with E-state index >= 15 is 0 Å². The van der Waals surface area contributed by atoms with Gasteiger partial charge in [0.2, 0.25) is 0 Å². The zero-order valence-electron chi connectivity index (χ0n) is 12.9. The lowest BCUT2D eigenvalue weighted by Gasteiger charge is -2.12. The molecule has 0 atom stereocenters. The molecule has 1 aliphatic heterocycles. The number of nitrogens with zero attached hydrogens (tertiary/aromatic N) is 2. The van der Waals surface area contributed by atoms with Crippen molar-refractivity contribution < 1.29 is 14.3 Å². The standard InChI is InChI=1S/C16H21N3O3/c1-12(2)22-14-7-5-13(6-8-14)11-17-18-15(20)16(21)19-9-3-4-10-19/h5-8,11-12H,3-4,9-10H2,1-2H3,(H,18,20)/b17-11-. The summed E-state index contributed by atoms with van der Waals surface area (Å²) >= 11 is 0. The molecule has 0 aliphatic carbocycles. The summed E-state index contributed by atoms with van der Waals surface area (Å²) in [5.74, 6) is -0.436. The predicted octanol–water partition coefficient (Wildman–Crippen LogP) is 1.55. The zero-order valence-corrected chi connectivity index (χ0v) is 12.9. The summed E-state index contributed by atoms with van der Waals surface area (Å²) in [6, 6.07) is 7.32. The van der Waals surface area contributed by atoms with E-state index in [9.17, 15) is 9.59 Å². The molecule has 6 heteroatoms. The lowest BCUT2D eigenvalue weighted by molar-refractivity contribution is -0.145. The molecule has 1 fully saturated rings. The summed E-state index contributed by atoms with van der Waals surface area (Å²) in [4.78, 5) is 25.0. The largest absolute Gasteiger partial charge is 0.491 e. The summed E-state index contributed by atoms with van der Waals surface area (Å²) in [6.45, 7) is 5.21. The molecule has 0 unspecified atom stereocenters. The van der Waals surface area contributed by atoms with E-state index in [2.05, 4.69) is 10.5 Å². The van der Waals surface area contributed by atoms with Crippen molar-refractivity contribution >= 4 is 18.0 Å². The van der Waals surface area contributed by atoms with Crippen molar-refractivity contribution in [2.45, 2.75) is 32.8 Å². The highest BCUT2D eigenvalue weighted by Gasteiger charge is 2.23. The minimum atomic E-state index is -0.696. The monoisotopic (exact) mass is 303 g/mol. The average Bonchev–Trinajstić information content (AvgIpc) is 3.02. The first-order chi connectivity index (χ1) is 10.6. The number of benzene rings is 1. The van der Waals surface area contributed by atoms with Crippen molar-refractivity contribution in [2.24, 2.45) is 5.10 Å². The molecule has 0 aromatic heterocycles. The highest BCUT2D eigenvalue weighted by atomic mass is 16.5. The van der Waals surface area contributed by atoms with Crippen LogP contribution in [-0.4, -0.2) is 42.1 Å². The number of rotatable bonds is 4. The molecule has 1 N–H and O–H groups in total. The summed E-state index contributed by atoms with van der Waals surface area (Å²) in [5.41, 5.74) is 3.07. The quantitative estimate of drug-likeness (QED) is 0.521. The number of hydrogen-bond donors (Lipinski definition) is 1. The van der Waals surface area contributed by atoms with Gasteiger partial charge in [0.1, 0.15) is 5.75 Å². The Hall–Kier alpha value is -2.37.